The smallest absolute Gasteiger partial charge is 0.307 e. The van der Waals surface area contributed by atoms with E-state index in [1.807, 2.05) is 38.1 Å². The van der Waals surface area contributed by atoms with Crippen LogP contribution in [0.3, 0.4) is 0 Å². The maximum absolute atomic E-state index is 10.7. The van der Waals surface area contributed by atoms with E-state index in [1.54, 1.807) is 0 Å². The highest BCUT2D eigenvalue weighted by molar-refractivity contribution is 5.70. The van der Waals surface area contributed by atoms with E-state index < -0.39 is 5.97 Å². The molecular weight excluding hydrogens is 230 g/mol. The highest BCUT2D eigenvalue weighted by Crippen LogP contribution is 2.13. The molecule has 1 aromatic rings. The molecule has 0 fully saturated rings. The van der Waals surface area contributed by atoms with Gasteiger partial charge in [0.2, 0.25) is 0 Å². The lowest BCUT2D eigenvalue weighted by atomic mass is 9.95. The van der Waals surface area contributed by atoms with Crippen molar-refractivity contribution in [3.63, 3.8) is 0 Å². The van der Waals surface area contributed by atoms with Crippen LogP contribution in [-0.4, -0.2) is 29.3 Å². The first kappa shape index (κ1) is 14.7. The minimum Gasteiger partial charge on any atom is -0.481 e. The van der Waals surface area contributed by atoms with Crippen LogP contribution in [0.1, 0.15) is 25.0 Å². The van der Waals surface area contributed by atoms with E-state index in [4.69, 9.17) is 10.2 Å². The summed E-state index contributed by atoms with van der Waals surface area (Å²) in [6.07, 6.45) is 0.0429. The third-order valence-electron chi connectivity index (χ3n) is 2.81. The molecule has 100 valence electrons. The minimum atomic E-state index is -0.821. The summed E-state index contributed by atoms with van der Waals surface area (Å²) in [5.74, 6) is -0.821. The molecule has 0 bridgehead atoms. The number of hydrogen-bond acceptors (Lipinski definition) is 3. The van der Waals surface area contributed by atoms with Crippen molar-refractivity contribution in [2.75, 3.05) is 13.2 Å². The summed E-state index contributed by atoms with van der Waals surface area (Å²) in [7, 11) is 0. The van der Waals surface area contributed by atoms with Gasteiger partial charge in [-0.15, -0.1) is 0 Å². The van der Waals surface area contributed by atoms with Crippen LogP contribution in [0.2, 0.25) is 0 Å². The zero-order valence-corrected chi connectivity index (χ0v) is 10.9. The van der Waals surface area contributed by atoms with Gasteiger partial charge in [0.05, 0.1) is 6.42 Å². The van der Waals surface area contributed by atoms with Crippen LogP contribution in [0, 0.1) is 5.41 Å². The van der Waals surface area contributed by atoms with Crippen LogP contribution < -0.4 is 5.32 Å². The predicted molar refractivity (Wildman–Crippen MR) is 70.4 cm³/mol. The van der Waals surface area contributed by atoms with Gasteiger partial charge in [-0.05, 0) is 11.1 Å². The molecule has 0 saturated carbocycles. The molecule has 4 nitrogen and oxygen atoms in total. The molecule has 4 heteroatoms. The first-order chi connectivity index (χ1) is 8.44. The van der Waals surface area contributed by atoms with E-state index >= 15 is 0 Å². The van der Waals surface area contributed by atoms with E-state index in [-0.39, 0.29) is 18.4 Å². The zero-order valence-electron chi connectivity index (χ0n) is 10.9. The number of rotatable bonds is 7. The lowest BCUT2D eigenvalue weighted by molar-refractivity contribution is -0.136. The van der Waals surface area contributed by atoms with Gasteiger partial charge in [-0.25, -0.2) is 0 Å². The second-order valence-electron chi connectivity index (χ2n) is 5.27. The predicted octanol–water partition coefficient (Wildman–Crippen LogP) is 1.42. The fourth-order valence-electron chi connectivity index (χ4n) is 1.66. The highest BCUT2D eigenvalue weighted by Gasteiger charge is 2.15. The molecule has 18 heavy (non-hydrogen) atoms. The van der Waals surface area contributed by atoms with E-state index in [9.17, 15) is 4.79 Å². The first-order valence-corrected chi connectivity index (χ1v) is 6.05. The number of carbonyl (C=O) groups is 1. The van der Waals surface area contributed by atoms with Crippen molar-refractivity contribution in [2.45, 2.75) is 26.8 Å². The van der Waals surface area contributed by atoms with Crippen molar-refractivity contribution in [3.05, 3.63) is 35.4 Å². The van der Waals surface area contributed by atoms with Gasteiger partial charge in [0.1, 0.15) is 0 Å². The summed E-state index contributed by atoms with van der Waals surface area (Å²) in [6.45, 7) is 5.38. The topological polar surface area (TPSA) is 69.6 Å². The van der Waals surface area contributed by atoms with Crippen LogP contribution in [0.4, 0.5) is 0 Å². The number of hydrogen-bond donors (Lipinski definition) is 3. The molecule has 0 heterocycles. The largest absolute Gasteiger partial charge is 0.481 e. The molecule has 1 aromatic carbocycles. The third-order valence-corrected chi connectivity index (χ3v) is 2.81. The Labute approximate surface area is 108 Å². The summed E-state index contributed by atoms with van der Waals surface area (Å²) in [4.78, 5) is 10.7. The van der Waals surface area contributed by atoms with Gasteiger partial charge in [-0.2, -0.15) is 0 Å². The fourth-order valence-corrected chi connectivity index (χ4v) is 1.66. The Hall–Kier alpha value is -1.39. The quantitative estimate of drug-likeness (QED) is 0.685. The van der Waals surface area contributed by atoms with Gasteiger partial charge in [-0.3, -0.25) is 4.79 Å². The summed E-state index contributed by atoms with van der Waals surface area (Å²) in [5.41, 5.74) is 1.66. The van der Waals surface area contributed by atoms with E-state index in [0.29, 0.717) is 13.1 Å². The maximum Gasteiger partial charge on any atom is 0.307 e. The average Bonchev–Trinajstić information content (AvgIpc) is 2.30. The lowest BCUT2D eigenvalue weighted by Gasteiger charge is -2.22. The number of carboxylic acid groups (broad SMARTS) is 1. The number of aliphatic hydroxyl groups excluding tert-OH is 1. The number of aliphatic carboxylic acids is 1. The molecule has 0 atom stereocenters. The molecule has 3 N–H and O–H groups in total. The standard InChI is InChI=1S/C14H21NO3/c1-14(2,10-16)9-15-8-12-6-4-3-5-11(12)7-13(17)18/h3-6,15-16H,7-10H2,1-2H3,(H,17,18). The maximum atomic E-state index is 10.7. The van der Waals surface area contributed by atoms with Crippen LogP contribution in [0.5, 0.6) is 0 Å². The SMILES string of the molecule is CC(C)(CO)CNCc1ccccc1CC(=O)O. The van der Waals surface area contributed by atoms with Gasteiger partial charge in [0.25, 0.3) is 0 Å². The van der Waals surface area contributed by atoms with Crippen LogP contribution in [0.25, 0.3) is 0 Å². The monoisotopic (exact) mass is 251 g/mol. The Morgan fingerprint density at radius 1 is 1.28 bits per heavy atom. The Balaban J connectivity index is 2.59. The third kappa shape index (κ3) is 4.85. The number of carboxylic acids is 1. The van der Waals surface area contributed by atoms with Gasteiger partial charge >= 0.3 is 5.97 Å². The fraction of sp³-hybridized carbons (Fsp3) is 0.500. The number of nitrogens with one attached hydrogen (secondary N) is 1. The summed E-state index contributed by atoms with van der Waals surface area (Å²) < 4.78 is 0. The van der Waals surface area contributed by atoms with Crippen LogP contribution in [-0.2, 0) is 17.8 Å². The summed E-state index contributed by atoms with van der Waals surface area (Å²) in [6, 6.07) is 7.51. The van der Waals surface area contributed by atoms with Crippen LogP contribution >= 0.6 is 0 Å². The van der Waals surface area contributed by atoms with Gasteiger partial charge in [0, 0.05) is 25.1 Å². The van der Waals surface area contributed by atoms with Crippen molar-refractivity contribution >= 4 is 5.97 Å². The van der Waals surface area contributed by atoms with Crippen LogP contribution in [0.15, 0.2) is 24.3 Å². The van der Waals surface area contributed by atoms with Crippen molar-refractivity contribution in [2.24, 2.45) is 5.41 Å². The molecule has 0 saturated heterocycles. The molecule has 0 aliphatic heterocycles. The van der Waals surface area contributed by atoms with E-state index in [0.717, 1.165) is 11.1 Å². The molecule has 0 unspecified atom stereocenters. The second kappa shape index (κ2) is 6.52. The Kier molecular flexibility index (Phi) is 5.31. The Morgan fingerprint density at radius 3 is 2.44 bits per heavy atom. The Bertz CT molecular complexity index is 402. The van der Waals surface area contributed by atoms with Crippen molar-refractivity contribution in [3.8, 4) is 0 Å². The van der Waals surface area contributed by atoms with Crippen molar-refractivity contribution in [1.29, 1.82) is 0 Å². The molecule has 0 aromatic heterocycles. The average molecular weight is 251 g/mol. The lowest BCUT2D eigenvalue weighted by Crippen LogP contribution is -2.32. The van der Waals surface area contributed by atoms with E-state index in [1.165, 1.54) is 0 Å². The van der Waals surface area contributed by atoms with Crippen molar-refractivity contribution in [1.82, 2.24) is 5.32 Å². The molecule has 1 rings (SSSR count). The second-order valence-corrected chi connectivity index (χ2v) is 5.27. The van der Waals surface area contributed by atoms with E-state index in [2.05, 4.69) is 5.32 Å². The summed E-state index contributed by atoms with van der Waals surface area (Å²) >= 11 is 0. The number of aliphatic hydroxyl groups is 1. The zero-order chi connectivity index (χ0) is 13.6. The molecule has 0 aliphatic rings. The van der Waals surface area contributed by atoms with Gasteiger partial charge in [0.15, 0.2) is 0 Å². The van der Waals surface area contributed by atoms with Gasteiger partial charge < -0.3 is 15.5 Å². The normalized spacial score (nSPS) is 11.5. The van der Waals surface area contributed by atoms with Crippen molar-refractivity contribution < 1.29 is 15.0 Å². The highest BCUT2D eigenvalue weighted by atomic mass is 16.4. The first-order valence-electron chi connectivity index (χ1n) is 6.05. The molecular formula is C14H21NO3. The molecule has 0 amide bonds. The molecule has 0 radical (unpaired) electrons. The minimum absolute atomic E-state index is 0.0429. The molecule has 0 spiro atoms. The summed E-state index contributed by atoms with van der Waals surface area (Å²) in [5, 5.41) is 21.2. The Morgan fingerprint density at radius 2 is 1.89 bits per heavy atom. The number of benzene rings is 1. The van der Waals surface area contributed by atoms with Gasteiger partial charge in [-0.1, -0.05) is 38.1 Å². The molecule has 0 aliphatic carbocycles.